The van der Waals surface area contributed by atoms with Crippen LogP contribution in [0.25, 0.3) is 11.3 Å². The van der Waals surface area contributed by atoms with Gasteiger partial charge in [0.25, 0.3) is 0 Å². The second kappa shape index (κ2) is 6.37. The Hall–Kier alpha value is -2.18. The van der Waals surface area contributed by atoms with Crippen LogP contribution >= 0.6 is 12.2 Å². The van der Waals surface area contributed by atoms with Crippen molar-refractivity contribution in [3.8, 4) is 17.0 Å². The molecule has 0 bridgehead atoms. The minimum absolute atomic E-state index is 0.245. The van der Waals surface area contributed by atoms with Crippen LogP contribution in [-0.2, 0) is 6.54 Å². The molecule has 5 nitrogen and oxygen atoms in total. The number of aromatic hydroxyl groups is 1. The Bertz CT molecular complexity index is 787. The molecule has 2 aliphatic rings. The summed E-state index contributed by atoms with van der Waals surface area (Å²) in [6, 6.07) is 9.45. The van der Waals surface area contributed by atoms with Crippen molar-refractivity contribution in [2.45, 2.75) is 25.3 Å². The minimum Gasteiger partial charge on any atom is -0.507 e. The molecule has 4 N–H and O–H groups in total. The lowest BCUT2D eigenvalue weighted by molar-refractivity contribution is 0.459. The summed E-state index contributed by atoms with van der Waals surface area (Å²) in [5, 5.41) is 20.7. The highest BCUT2D eigenvalue weighted by Gasteiger charge is 2.25. The largest absolute Gasteiger partial charge is 0.507 e. The molecule has 24 heavy (non-hydrogen) atoms. The molecule has 2 aliphatic heterocycles. The molecule has 0 saturated carbocycles. The zero-order chi connectivity index (χ0) is 16.5. The lowest BCUT2D eigenvalue weighted by Crippen LogP contribution is -2.36. The number of pyridine rings is 1. The van der Waals surface area contributed by atoms with Gasteiger partial charge in [-0.15, -0.1) is 0 Å². The Labute approximate surface area is 146 Å². The molecule has 1 unspecified atom stereocenters. The number of hydrogen-bond acceptors (Lipinski definition) is 4. The number of rotatable bonds is 2. The van der Waals surface area contributed by atoms with Gasteiger partial charge in [-0.3, -0.25) is 0 Å². The first-order valence-corrected chi connectivity index (χ1v) is 8.71. The van der Waals surface area contributed by atoms with Gasteiger partial charge in [-0.25, -0.2) is 4.98 Å². The molecular weight excluding hydrogens is 320 g/mol. The molecule has 124 valence electrons. The van der Waals surface area contributed by atoms with Crippen molar-refractivity contribution in [1.29, 1.82) is 0 Å². The molecular formula is C18H20N4OS. The lowest BCUT2D eigenvalue weighted by Gasteiger charge is -2.29. The Morgan fingerprint density at radius 1 is 1.25 bits per heavy atom. The van der Waals surface area contributed by atoms with Crippen LogP contribution in [0.2, 0.25) is 0 Å². The van der Waals surface area contributed by atoms with Crippen molar-refractivity contribution in [1.82, 2.24) is 15.6 Å². The van der Waals surface area contributed by atoms with Crippen LogP contribution in [-0.4, -0.2) is 28.3 Å². The first-order valence-electron chi connectivity index (χ1n) is 8.30. The van der Waals surface area contributed by atoms with Crippen LogP contribution in [0.3, 0.4) is 0 Å². The molecule has 3 heterocycles. The van der Waals surface area contributed by atoms with Gasteiger partial charge in [-0.05, 0) is 61.3 Å². The van der Waals surface area contributed by atoms with E-state index in [4.69, 9.17) is 17.2 Å². The molecule has 1 saturated heterocycles. The Kier molecular flexibility index (Phi) is 4.08. The number of nitrogens with zero attached hydrogens (tertiary/aromatic N) is 1. The Morgan fingerprint density at radius 3 is 2.92 bits per heavy atom. The molecule has 2 aromatic rings. The zero-order valence-electron chi connectivity index (χ0n) is 13.3. The van der Waals surface area contributed by atoms with E-state index >= 15 is 0 Å². The third kappa shape index (κ3) is 2.83. The van der Waals surface area contributed by atoms with Gasteiger partial charge in [0.05, 0.1) is 5.69 Å². The number of piperidine rings is 1. The van der Waals surface area contributed by atoms with Crippen molar-refractivity contribution < 1.29 is 5.11 Å². The number of phenolic OH excluding ortho intramolecular Hbond substituents is 1. The number of aromatic nitrogens is 1. The summed E-state index contributed by atoms with van der Waals surface area (Å²) in [7, 11) is 0. The van der Waals surface area contributed by atoms with Gasteiger partial charge < -0.3 is 21.1 Å². The van der Waals surface area contributed by atoms with Gasteiger partial charge in [0.15, 0.2) is 5.11 Å². The summed E-state index contributed by atoms with van der Waals surface area (Å²) >= 11 is 5.24. The maximum Gasteiger partial charge on any atom is 0.172 e. The third-order valence-electron chi connectivity index (χ3n) is 4.73. The number of para-hydroxylation sites is 1. The van der Waals surface area contributed by atoms with Crippen LogP contribution in [0.1, 0.15) is 29.9 Å². The maximum atomic E-state index is 10.2. The summed E-state index contributed by atoms with van der Waals surface area (Å²) in [5.41, 5.74) is 3.99. The predicted octanol–water partition coefficient (Wildman–Crippen LogP) is 2.72. The van der Waals surface area contributed by atoms with Crippen LogP contribution in [0.4, 0.5) is 5.82 Å². The molecule has 1 atom stereocenters. The average molecular weight is 340 g/mol. The number of fused-ring (bicyclic) bond motifs is 1. The third-order valence-corrected chi connectivity index (χ3v) is 4.98. The highest BCUT2D eigenvalue weighted by atomic mass is 32.1. The van der Waals surface area contributed by atoms with Gasteiger partial charge in [-0.2, -0.15) is 0 Å². The van der Waals surface area contributed by atoms with Crippen molar-refractivity contribution in [2.75, 3.05) is 18.4 Å². The SMILES string of the molecule is Oc1ccccc1-c1cc(C2CCCNC2)c2c(n1)NC(=S)NC2. The van der Waals surface area contributed by atoms with E-state index in [1.54, 1.807) is 6.07 Å². The van der Waals surface area contributed by atoms with Gasteiger partial charge in [0.2, 0.25) is 0 Å². The highest BCUT2D eigenvalue weighted by molar-refractivity contribution is 7.80. The molecule has 0 amide bonds. The van der Waals surface area contributed by atoms with Gasteiger partial charge in [0.1, 0.15) is 11.6 Å². The molecule has 6 heteroatoms. The second-order valence-electron chi connectivity index (χ2n) is 6.29. The fraction of sp³-hybridized carbons (Fsp3) is 0.333. The van der Waals surface area contributed by atoms with E-state index in [1.165, 1.54) is 17.5 Å². The van der Waals surface area contributed by atoms with E-state index in [2.05, 4.69) is 22.0 Å². The number of anilines is 1. The molecule has 1 fully saturated rings. The number of nitrogens with one attached hydrogen (secondary N) is 3. The maximum absolute atomic E-state index is 10.2. The monoisotopic (exact) mass is 340 g/mol. The topological polar surface area (TPSA) is 69.2 Å². The molecule has 0 radical (unpaired) electrons. The Balaban J connectivity index is 1.85. The second-order valence-corrected chi connectivity index (χ2v) is 6.70. The number of hydrogen-bond donors (Lipinski definition) is 4. The average Bonchev–Trinajstić information content (AvgIpc) is 2.61. The summed E-state index contributed by atoms with van der Waals surface area (Å²) in [6.07, 6.45) is 2.33. The van der Waals surface area contributed by atoms with E-state index in [-0.39, 0.29) is 5.75 Å². The fourth-order valence-electron chi connectivity index (χ4n) is 3.51. The Morgan fingerprint density at radius 2 is 2.12 bits per heavy atom. The first kappa shape index (κ1) is 15.4. The highest BCUT2D eigenvalue weighted by Crippen LogP contribution is 2.36. The van der Waals surface area contributed by atoms with Crippen LogP contribution < -0.4 is 16.0 Å². The van der Waals surface area contributed by atoms with Crippen LogP contribution in [0.15, 0.2) is 30.3 Å². The smallest absolute Gasteiger partial charge is 0.172 e. The van der Waals surface area contributed by atoms with Crippen molar-refractivity contribution in [3.05, 3.63) is 41.5 Å². The fourth-order valence-corrected chi connectivity index (χ4v) is 3.68. The normalized spacial score (nSPS) is 20.0. The van der Waals surface area contributed by atoms with Crippen molar-refractivity contribution in [2.24, 2.45) is 0 Å². The van der Waals surface area contributed by atoms with E-state index in [9.17, 15) is 5.11 Å². The lowest BCUT2D eigenvalue weighted by atomic mass is 9.87. The van der Waals surface area contributed by atoms with Crippen molar-refractivity contribution >= 4 is 23.1 Å². The summed E-state index contributed by atoms with van der Waals surface area (Å²) in [6.45, 7) is 2.75. The van der Waals surface area contributed by atoms with Crippen molar-refractivity contribution in [3.63, 3.8) is 0 Å². The predicted molar refractivity (Wildman–Crippen MR) is 99.2 cm³/mol. The first-order chi connectivity index (χ1) is 11.7. The minimum atomic E-state index is 0.245. The van der Waals surface area contributed by atoms with Gasteiger partial charge in [-0.1, -0.05) is 12.1 Å². The van der Waals surface area contributed by atoms with E-state index in [0.717, 1.165) is 36.6 Å². The summed E-state index contributed by atoms with van der Waals surface area (Å²) in [4.78, 5) is 4.73. The van der Waals surface area contributed by atoms with E-state index in [0.29, 0.717) is 17.6 Å². The molecule has 4 rings (SSSR count). The molecule has 0 aliphatic carbocycles. The van der Waals surface area contributed by atoms with E-state index < -0.39 is 0 Å². The summed E-state index contributed by atoms with van der Waals surface area (Å²) < 4.78 is 0. The quantitative estimate of drug-likeness (QED) is 0.630. The molecule has 1 aromatic carbocycles. The summed E-state index contributed by atoms with van der Waals surface area (Å²) in [5.74, 6) is 1.50. The van der Waals surface area contributed by atoms with Gasteiger partial charge >= 0.3 is 0 Å². The molecule has 0 spiro atoms. The van der Waals surface area contributed by atoms with E-state index in [1.807, 2.05) is 18.2 Å². The number of thiocarbonyl (C=S) groups is 1. The van der Waals surface area contributed by atoms with Crippen LogP contribution in [0, 0.1) is 0 Å². The zero-order valence-corrected chi connectivity index (χ0v) is 14.1. The van der Waals surface area contributed by atoms with Gasteiger partial charge in [0, 0.05) is 24.2 Å². The number of benzene rings is 1. The van der Waals surface area contributed by atoms with Crippen LogP contribution in [0.5, 0.6) is 5.75 Å². The molecule has 1 aromatic heterocycles. The standard InChI is InChI=1S/C18H20N4OS/c23-16-6-2-1-5-12(16)15-8-13(11-4-3-7-19-9-11)14-10-20-18(24)22-17(14)21-15/h1-2,5-6,8,11,19,23H,3-4,7,9-10H2,(H2,20,21,22,24). The number of phenols is 1.